The highest BCUT2D eigenvalue weighted by Crippen LogP contribution is 2.37. The van der Waals surface area contributed by atoms with E-state index in [0.717, 1.165) is 17.2 Å². The first kappa shape index (κ1) is 18.3. The normalized spacial score (nSPS) is 13.0. The molecule has 0 aliphatic carbocycles. The van der Waals surface area contributed by atoms with Crippen LogP contribution in [0, 0.1) is 6.92 Å². The van der Waals surface area contributed by atoms with Crippen LogP contribution in [0.15, 0.2) is 60.7 Å². The molecular formula is C21H20F3NO. The summed E-state index contributed by atoms with van der Waals surface area (Å²) in [5.41, 5.74) is 7.69. The summed E-state index contributed by atoms with van der Waals surface area (Å²) in [4.78, 5) is 0. The third-order valence-corrected chi connectivity index (χ3v) is 4.34. The number of fused-ring (bicyclic) bond motifs is 1. The van der Waals surface area contributed by atoms with Crippen molar-refractivity contribution < 1.29 is 17.9 Å². The lowest BCUT2D eigenvalue weighted by Gasteiger charge is -2.16. The van der Waals surface area contributed by atoms with Crippen LogP contribution < -0.4 is 10.5 Å². The van der Waals surface area contributed by atoms with E-state index >= 15 is 0 Å². The number of ether oxygens (including phenoxy) is 1. The molecule has 0 spiro atoms. The molecule has 0 aromatic heterocycles. The van der Waals surface area contributed by atoms with Gasteiger partial charge in [0, 0.05) is 17.8 Å². The molecule has 0 saturated carbocycles. The summed E-state index contributed by atoms with van der Waals surface area (Å²) in [5.74, 6) is 0.435. The maximum Gasteiger partial charge on any atom is 0.417 e. The van der Waals surface area contributed by atoms with Crippen LogP contribution in [0.25, 0.3) is 10.8 Å². The lowest BCUT2D eigenvalue weighted by molar-refractivity contribution is -0.136. The van der Waals surface area contributed by atoms with Gasteiger partial charge in [-0.15, -0.1) is 0 Å². The topological polar surface area (TPSA) is 35.2 Å². The molecule has 136 valence electrons. The highest BCUT2D eigenvalue weighted by Gasteiger charge is 2.32. The molecule has 0 amide bonds. The van der Waals surface area contributed by atoms with Gasteiger partial charge >= 0.3 is 6.18 Å². The zero-order chi connectivity index (χ0) is 18.7. The summed E-state index contributed by atoms with van der Waals surface area (Å²) in [5, 5.41) is 0.590. The van der Waals surface area contributed by atoms with Gasteiger partial charge in [0.1, 0.15) is 5.75 Å². The zero-order valence-electron chi connectivity index (χ0n) is 14.4. The Morgan fingerprint density at radius 1 is 0.962 bits per heavy atom. The monoisotopic (exact) mass is 359 g/mol. The standard InChI is InChI=1S/C21H20F3NO/c1-14-5-2-6-15(13-14)19(25)11-12-26-20-10-4-7-16-17(20)8-3-9-18(16)21(22,23)24/h2-10,13,19H,11-12,25H2,1H3/t19-/m0/s1. The molecule has 0 fully saturated rings. The van der Waals surface area contributed by atoms with E-state index in [0.29, 0.717) is 24.2 Å². The number of hydrogen-bond acceptors (Lipinski definition) is 2. The summed E-state index contributed by atoms with van der Waals surface area (Å²) < 4.78 is 45.3. The Bertz CT molecular complexity index is 905. The predicted octanol–water partition coefficient (Wildman–Crippen LogP) is 5.64. The van der Waals surface area contributed by atoms with E-state index in [2.05, 4.69) is 0 Å². The van der Waals surface area contributed by atoms with Gasteiger partial charge in [-0.2, -0.15) is 13.2 Å². The van der Waals surface area contributed by atoms with E-state index in [1.165, 1.54) is 12.1 Å². The number of benzene rings is 3. The third kappa shape index (κ3) is 3.99. The van der Waals surface area contributed by atoms with Crippen molar-refractivity contribution >= 4 is 10.8 Å². The van der Waals surface area contributed by atoms with Gasteiger partial charge < -0.3 is 10.5 Å². The van der Waals surface area contributed by atoms with Gasteiger partial charge in [-0.1, -0.05) is 54.1 Å². The lowest BCUT2D eigenvalue weighted by Crippen LogP contribution is -2.14. The molecular weight excluding hydrogens is 339 g/mol. The molecule has 0 aliphatic heterocycles. The molecule has 3 aromatic rings. The van der Waals surface area contributed by atoms with Gasteiger partial charge in [-0.3, -0.25) is 0 Å². The van der Waals surface area contributed by atoms with Crippen molar-refractivity contribution in [2.75, 3.05) is 6.61 Å². The molecule has 2 nitrogen and oxygen atoms in total. The van der Waals surface area contributed by atoms with E-state index in [-0.39, 0.29) is 11.4 Å². The molecule has 2 N–H and O–H groups in total. The molecule has 5 heteroatoms. The van der Waals surface area contributed by atoms with E-state index in [4.69, 9.17) is 10.5 Å². The number of nitrogens with two attached hydrogens (primary N) is 1. The smallest absolute Gasteiger partial charge is 0.417 e. The maximum absolute atomic E-state index is 13.2. The quantitative estimate of drug-likeness (QED) is 0.640. The number of halogens is 3. The number of hydrogen-bond donors (Lipinski definition) is 1. The van der Waals surface area contributed by atoms with Crippen molar-refractivity contribution in [2.45, 2.75) is 25.6 Å². The minimum absolute atomic E-state index is 0.139. The highest BCUT2D eigenvalue weighted by molar-refractivity contribution is 5.91. The Morgan fingerprint density at radius 3 is 2.38 bits per heavy atom. The van der Waals surface area contributed by atoms with Gasteiger partial charge in [0.05, 0.1) is 12.2 Å². The second-order valence-corrected chi connectivity index (χ2v) is 6.31. The lowest BCUT2D eigenvalue weighted by atomic mass is 10.0. The van der Waals surface area contributed by atoms with Gasteiger partial charge in [0.25, 0.3) is 0 Å². The first-order valence-corrected chi connectivity index (χ1v) is 8.40. The second-order valence-electron chi connectivity index (χ2n) is 6.31. The van der Waals surface area contributed by atoms with E-state index < -0.39 is 11.7 Å². The first-order valence-electron chi connectivity index (χ1n) is 8.40. The van der Waals surface area contributed by atoms with Gasteiger partial charge in [0.15, 0.2) is 0 Å². The van der Waals surface area contributed by atoms with E-state index in [9.17, 15) is 13.2 Å². The van der Waals surface area contributed by atoms with Gasteiger partial charge in [-0.25, -0.2) is 0 Å². The van der Waals surface area contributed by atoms with E-state index in [1.807, 2.05) is 31.2 Å². The Balaban J connectivity index is 1.75. The van der Waals surface area contributed by atoms with E-state index in [1.54, 1.807) is 18.2 Å². The molecule has 26 heavy (non-hydrogen) atoms. The largest absolute Gasteiger partial charge is 0.493 e. The Morgan fingerprint density at radius 2 is 1.65 bits per heavy atom. The van der Waals surface area contributed by atoms with Crippen molar-refractivity contribution in [3.63, 3.8) is 0 Å². The molecule has 0 unspecified atom stereocenters. The van der Waals surface area contributed by atoms with Crippen molar-refractivity contribution in [1.29, 1.82) is 0 Å². The van der Waals surface area contributed by atoms with Crippen molar-refractivity contribution in [3.05, 3.63) is 77.4 Å². The SMILES string of the molecule is Cc1cccc([C@@H](N)CCOc2cccc3c(C(F)(F)F)cccc23)c1. The Kier molecular flexibility index (Phi) is 5.18. The van der Waals surface area contributed by atoms with Crippen LogP contribution in [0.2, 0.25) is 0 Å². The van der Waals surface area contributed by atoms with Crippen LogP contribution >= 0.6 is 0 Å². The maximum atomic E-state index is 13.2. The Labute approximate surface area is 150 Å². The molecule has 3 rings (SSSR count). The fraction of sp³-hybridized carbons (Fsp3) is 0.238. The van der Waals surface area contributed by atoms with Crippen molar-refractivity contribution in [3.8, 4) is 5.75 Å². The third-order valence-electron chi connectivity index (χ3n) is 4.34. The van der Waals surface area contributed by atoms with Gasteiger partial charge in [0.2, 0.25) is 0 Å². The minimum Gasteiger partial charge on any atom is -0.493 e. The number of rotatable bonds is 5. The predicted molar refractivity (Wildman–Crippen MR) is 97.2 cm³/mol. The van der Waals surface area contributed by atoms with Crippen LogP contribution in [-0.2, 0) is 6.18 Å². The average molecular weight is 359 g/mol. The average Bonchev–Trinajstić information content (AvgIpc) is 2.60. The molecule has 0 radical (unpaired) electrons. The number of alkyl halides is 3. The van der Waals surface area contributed by atoms with Crippen LogP contribution in [0.4, 0.5) is 13.2 Å². The fourth-order valence-corrected chi connectivity index (χ4v) is 3.02. The van der Waals surface area contributed by atoms with Crippen LogP contribution in [0.1, 0.15) is 29.2 Å². The van der Waals surface area contributed by atoms with Gasteiger partial charge in [-0.05, 0) is 30.0 Å². The van der Waals surface area contributed by atoms with Crippen LogP contribution in [-0.4, -0.2) is 6.61 Å². The summed E-state index contributed by atoms with van der Waals surface area (Å²) in [6.45, 7) is 2.32. The fourth-order valence-electron chi connectivity index (χ4n) is 3.02. The summed E-state index contributed by atoms with van der Waals surface area (Å²) >= 11 is 0. The summed E-state index contributed by atoms with van der Waals surface area (Å²) in [7, 11) is 0. The van der Waals surface area contributed by atoms with Crippen LogP contribution in [0.3, 0.4) is 0 Å². The molecule has 0 bridgehead atoms. The molecule has 1 atom stereocenters. The molecule has 0 aliphatic rings. The van der Waals surface area contributed by atoms with Crippen molar-refractivity contribution in [1.82, 2.24) is 0 Å². The molecule has 3 aromatic carbocycles. The van der Waals surface area contributed by atoms with Crippen LogP contribution in [0.5, 0.6) is 5.75 Å². The second kappa shape index (κ2) is 7.38. The molecule has 0 saturated heterocycles. The highest BCUT2D eigenvalue weighted by atomic mass is 19.4. The van der Waals surface area contributed by atoms with Crippen molar-refractivity contribution in [2.24, 2.45) is 5.73 Å². The number of aryl methyl sites for hydroxylation is 1. The summed E-state index contributed by atoms with van der Waals surface area (Å²) in [6.07, 6.45) is -3.83. The first-order chi connectivity index (χ1) is 12.4. The summed E-state index contributed by atoms with van der Waals surface area (Å²) in [6, 6.07) is 16.6. The Hall–Kier alpha value is -2.53. The zero-order valence-corrected chi connectivity index (χ0v) is 14.4. The molecule has 0 heterocycles. The minimum atomic E-state index is -4.40.